The summed E-state index contributed by atoms with van der Waals surface area (Å²) in [5.74, 6) is 0. The highest BCUT2D eigenvalue weighted by atomic mass is 35.5. The van der Waals surface area contributed by atoms with Gasteiger partial charge in [-0.2, -0.15) is 0 Å². The first-order valence-corrected chi connectivity index (χ1v) is 4.01. The van der Waals surface area contributed by atoms with E-state index in [-0.39, 0.29) is 6.04 Å². The Labute approximate surface area is 77.1 Å². The standard InChI is InChI=1S/C9H11ClN2/c1-6(2)9(11)7-3-4-12-5-8(7)10/h3-5,9H,1,11H2,2H3. The molecule has 1 rings (SSSR count). The molecule has 1 aromatic heterocycles. The first-order valence-electron chi connectivity index (χ1n) is 3.63. The zero-order valence-electron chi connectivity index (χ0n) is 6.92. The van der Waals surface area contributed by atoms with E-state index < -0.39 is 0 Å². The average molecular weight is 183 g/mol. The second kappa shape index (κ2) is 3.70. The Bertz CT molecular complexity index is 296. The van der Waals surface area contributed by atoms with Crippen molar-refractivity contribution in [3.8, 4) is 0 Å². The maximum atomic E-state index is 5.88. The van der Waals surface area contributed by atoms with E-state index >= 15 is 0 Å². The predicted molar refractivity (Wildman–Crippen MR) is 51.0 cm³/mol. The van der Waals surface area contributed by atoms with Gasteiger partial charge in [-0.05, 0) is 18.6 Å². The van der Waals surface area contributed by atoms with Crippen LogP contribution in [0.25, 0.3) is 0 Å². The maximum absolute atomic E-state index is 5.88. The molecule has 2 N–H and O–H groups in total. The van der Waals surface area contributed by atoms with Gasteiger partial charge in [0.25, 0.3) is 0 Å². The Morgan fingerprint density at radius 2 is 2.42 bits per heavy atom. The molecule has 0 aliphatic rings. The van der Waals surface area contributed by atoms with E-state index in [1.165, 1.54) is 0 Å². The molecule has 0 aliphatic heterocycles. The number of pyridine rings is 1. The van der Waals surface area contributed by atoms with Gasteiger partial charge in [-0.15, -0.1) is 0 Å². The third-order valence-electron chi connectivity index (χ3n) is 1.67. The quantitative estimate of drug-likeness (QED) is 0.713. The van der Waals surface area contributed by atoms with Gasteiger partial charge in [0.2, 0.25) is 0 Å². The summed E-state index contributed by atoms with van der Waals surface area (Å²) in [6, 6.07) is 1.61. The van der Waals surface area contributed by atoms with E-state index in [2.05, 4.69) is 11.6 Å². The summed E-state index contributed by atoms with van der Waals surface area (Å²) < 4.78 is 0. The van der Waals surface area contributed by atoms with Crippen molar-refractivity contribution in [2.75, 3.05) is 0 Å². The summed E-state index contributed by atoms with van der Waals surface area (Å²) in [6.45, 7) is 5.64. The summed E-state index contributed by atoms with van der Waals surface area (Å²) in [5.41, 5.74) is 7.59. The Morgan fingerprint density at radius 3 is 2.92 bits per heavy atom. The van der Waals surface area contributed by atoms with Crippen molar-refractivity contribution in [1.29, 1.82) is 0 Å². The molecule has 0 fully saturated rings. The maximum Gasteiger partial charge on any atom is 0.0640 e. The third-order valence-corrected chi connectivity index (χ3v) is 1.99. The van der Waals surface area contributed by atoms with E-state index in [0.717, 1.165) is 11.1 Å². The van der Waals surface area contributed by atoms with Gasteiger partial charge >= 0.3 is 0 Å². The fraction of sp³-hybridized carbons (Fsp3) is 0.222. The molecule has 0 aromatic carbocycles. The molecule has 1 heterocycles. The largest absolute Gasteiger partial charge is 0.321 e. The Morgan fingerprint density at radius 1 is 1.75 bits per heavy atom. The molecule has 0 spiro atoms. The number of halogens is 1. The second-order valence-corrected chi connectivity index (χ2v) is 3.13. The van der Waals surface area contributed by atoms with Crippen LogP contribution in [0.15, 0.2) is 30.6 Å². The van der Waals surface area contributed by atoms with Crippen molar-refractivity contribution in [1.82, 2.24) is 4.98 Å². The van der Waals surface area contributed by atoms with Crippen LogP contribution in [0, 0.1) is 0 Å². The lowest BCUT2D eigenvalue weighted by Gasteiger charge is -2.12. The molecule has 64 valence electrons. The predicted octanol–water partition coefficient (Wildman–Crippen LogP) is 2.31. The second-order valence-electron chi connectivity index (χ2n) is 2.72. The van der Waals surface area contributed by atoms with Gasteiger partial charge in [-0.1, -0.05) is 23.8 Å². The van der Waals surface area contributed by atoms with Gasteiger partial charge in [-0.3, -0.25) is 4.98 Å². The minimum atomic E-state index is -0.194. The number of nitrogens with two attached hydrogens (primary N) is 1. The van der Waals surface area contributed by atoms with E-state index in [4.69, 9.17) is 17.3 Å². The highest BCUT2D eigenvalue weighted by Crippen LogP contribution is 2.23. The zero-order chi connectivity index (χ0) is 9.14. The molecule has 0 amide bonds. The number of rotatable bonds is 2. The van der Waals surface area contributed by atoms with E-state index in [0.29, 0.717) is 5.02 Å². The first kappa shape index (κ1) is 9.23. The molecule has 1 aromatic rings. The van der Waals surface area contributed by atoms with Crippen LogP contribution in [0.4, 0.5) is 0 Å². The Balaban J connectivity index is 3.02. The molecular weight excluding hydrogens is 172 g/mol. The van der Waals surface area contributed by atoms with E-state index in [1.54, 1.807) is 12.4 Å². The van der Waals surface area contributed by atoms with E-state index in [1.807, 2.05) is 13.0 Å². The number of hydrogen-bond donors (Lipinski definition) is 1. The molecule has 12 heavy (non-hydrogen) atoms. The lowest BCUT2D eigenvalue weighted by atomic mass is 10.0. The van der Waals surface area contributed by atoms with E-state index in [9.17, 15) is 0 Å². The lowest BCUT2D eigenvalue weighted by molar-refractivity contribution is 0.848. The molecular formula is C9H11ClN2. The van der Waals surface area contributed by atoms with Crippen LogP contribution in [-0.4, -0.2) is 4.98 Å². The topological polar surface area (TPSA) is 38.9 Å². The van der Waals surface area contributed by atoms with Crippen LogP contribution in [0.3, 0.4) is 0 Å². The highest BCUT2D eigenvalue weighted by molar-refractivity contribution is 6.31. The summed E-state index contributed by atoms with van der Waals surface area (Å²) in [5, 5.41) is 0.591. The van der Waals surface area contributed by atoms with Crippen LogP contribution in [0.5, 0.6) is 0 Å². The SMILES string of the molecule is C=C(C)C(N)c1ccncc1Cl. The van der Waals surface area contributed by atoms with Gasteiger partial charge in [0.1, 0.15) is 0 Å². The van der Waals surface area contributed by atoms with Crippen molar-refractivity contribution >= 4 is 11.6 Å². The fourth-order valence-electron chi connectivity index (χ4n) is 0.904. The molecule has 0 bridgehead atoms. The minimum absolute atomic E-state index is 0.194. The van der Waals surface area contributed by atoms with Crippen LogP contribution < -0.4 is 5.73 Å². The zero-order valence-corrected chi connectivity index (χ0v) is 7.67. The summed E-state index contributed by atoms with van der Waals surface area (Å²) >= 11 is 5.88. The Hall–Kier alpha value is -0.860. The molecule has 2 nitrogen and oxygen atoms in total. The molecule has 1 unspecified atom stereocenters. The fourth-order valence-corrected chi connectivity index (χ4v) is 1.14. The monoisotopic (exact) mass is 182 g/mol. The number of nitrogens with zero attached hydrogens (tertiary/aromatic N) is 1. The molecule has 0 aliphatic carbocycles. The summed E-state index contributed by atoms with van der Waals surface area (Å²) in [4.78, 5) is 3.87. The summed E-state index contributed by atoms with van der Waals surface area (Å²) in [6.07, 6.45) is 3.25. The smallest absolute Gasteiger partial charge is 0.0640 e. The lowest BCUT2D eigenvalue weighted by Crippen LogP contribution is -2.11. The van der Waals surface area contributed by atoms with Crippen LogP contribution in [0.1, 0.15) is 18.5 Å². The number of hydrogen-bond acceptors (Lipinski definition) is 2. The van der Waals surface area contributed by atoms with Gasteiger partial charge in [0.05, 0.1) is 11.1 Å². The normalized spacial score (nSPS) is 12.6. The van der Waals surface area contributed by atoms with Gasteiger partial charge < -0.3 is 5.73 Å². The van der Waals surface area contributed by atoms with Crippen LogP contribution in [0.2, 0.25) is 5.02 Å². The molecule has 1 atom stereocenters. The van der Waals surface area contributed by atoms with Crippen molar-refractivity contribution in [2.45, 2.75) is 13.0 Å². The average Bonchev–Trinajstić information content (AvgIpc) is 2.04. The van der Waals surface area contributed by atoms with Crippen molar-refractivity contribution in [3.05, 3.63) is 41.2 Å². The summed E-state index contributed by atoms with van der Waals surface area (Å²) in [7, 11) is 0. The van der Waals surface area contributed by atoms with Crippen molar-refractivity contribution in [2.24, 2.45) is 5.73 Å². The van der Waals surface area contributed by atoms with Gasteiger partial charge in [0.15, 0.2) is 0 Å². The van der Waals surface area contributed by atoms with Crippen LogP contribution in [-0.2, 0) is 0 Å². The highest BCUT2D eigenvalue weighted by Gasteiger charge is 2.09. The van der Waals surface area contributed by atoms with Gasteiger partial charge in [0, 0.05) is 12.4 Å². The Kier molecular flexibility index (Phi) is 2.84. The minimum Gasteiger partial charge on any atom is -0.321 e. The molecule has 0 saturated carbocycles. The molecule has 3 heteroatoms. The van der Waals surface area contributed by atoms with Crippen molar-refractivity contribution < 1.29 is 0 Å². The van der Waals surface area contributed by atoms with Crippen LogP contribution >= 0.6 is 11.6 Å². The molecule has 0 saturated heterocycles. The van der Waals surface area contributed by atoms with Crippen molar-refractivity contribution in [3.63, 3.8) is 0 Å². The first-order chi connectivity index (χ1) is 5.63. The number of aromatic nitrogens is 1. The third kappa shape index (κ3) is 1.84. The molecule has 0 radical (unpaired) electrons. The van der Waals surface area contributed by atoms with Gasteiger partial charge in [-0.25, -0.2) is 0 Å².